The number of carbonyl (C=O) groups excluding carboxylic acids is 3. The van der Waals surface area contributed by atoms with Crippen LogP contribution < -0.4 is 0 Å². The van der Waals surface area contributed by atoms with E-state index in [4.69, 9.17) is 14.2 Å². The molecule has 0 aliphatic carbocycles. The van der Waals surface area contributed by atoms with Gasteiger partial charge in [-0.05, 0) is 19.3 Å². The molecule has 0 radical (unpaired) electrons. The predicted octanol–water partition coefficient (Wildman–Crippen LogP) is 12.5. The minimum Gasteiger partial charge on any atom is -0.462 e. The molecule has 0 fully saturated rings. The Morgan fingerprint density at radius 1 is 0.362 bits per heavy atom. The molecule has 0 bridgehead atoms. The van der Waals surface area contributed by atoms with E-state index in [1.807, 2.05) is 0 Å². The Labute approximate surface area is 291 Å². The molecular formula is C41H78O6. The van der Waals surface area contributed by atoms with Crippen molar-refractivity contribution in [1.82, 2.24) is 0 Å². The maximum atomic E-state index is 12.8. The van der Waals surface area contributed by atoms with Crippen LogP contribution in [0, 0.1) is 0 Å². The van der Waals surface area contributed by atoms with Gasteiger partial charge >= 0.3 is 17.9 Å². The van der Waals surface area contributed by atoms with Crippen LogP contribution in [-0.2, 0) is 28.6 Å². The molecule has 6 nitrogen and oxygen atoms in total. The van der Waals surface area contributed by atoms with E-state index < -0.39 is 24.0 Å². The molecule has 0 heterocycles. The van der Waals surface area contributed by atoms with Crippen molar-refractivity contribution in [1.29, 1.82) is 0 Å². The smallest absolute Gasteiger partial charge is 0.359 e. The first kappa shape index (κ1) is 45.4. The SMILES string of the molecule is CCCCCCCCCCCCCCCCCC(=O)OC(C(=O)OCCCCCCCCCC)C(=O)OCCCCCCCCCC. The van der Waals surface area contributed by atoms with Gasteiger partial charge < -0.3 is 14.2 Å². The van der Waals surface area contributed by atoms with Crippen molar-refractivity contribution < 1.29 is 28.6 Å². The van der Waals surface area contributed by atoms with Crippen molar-refractivity contribution in [2.45, 2.75) is 232 Å². The molecule has 0 saturated carbocycles. The molecule has 0 amide bonds. The van der Waals surface area contributed by atoms with E-state index in [0.717, 1.165) is 51.4 Å². The van der Waals surface area contributed by atoms with Crippen molar-refractivity contribution >= 4 is 17.9 Å². The molecule has 278 valence electrons. The third kappa shape index (κ3) is 32.7. The van der Waals surface area contributed by atoms with Gasteiger partial charge in [-0.25, -0.2) is 9.59 Å². The quantitative estimate of drug-likeness (QED) is 0.0284. The van der Waals surface area contributed by atoms with Gasteiger partial charge in [0.1, 0.15) is 0 Å². The summed E-state index contributed by atoms with van der Waals surface area (Å²) in [7, 11) is 0. The Hall–Kier alpha value is -1.59. The van der Waals surface area contributed by atoms with E-state index in [0.29, 0.717) is 6.42 Å². The van der Waals surface area contributed by atoms with Crippen LogP contribution in [0.25, 0.3) is 0 Å². The first-order valence-corrected chi connectivity index (χ1v) is 20.6. The molecule has 0 N–H and O–H groups in total. The molecule has 47 heavy (non-hydrogen) atoms. The fourth-order valence-electron chi connectivity index (χ4n) is 5.99. The zero-order valence-electron chi connectivity index (χ0n) is 31.6. The second-order valence-corrected chi connectivity index (χ2v) is 13.9. The first-order valence-electron chi connectivity index (χ1n) is 20.6. The van der Waals surface area contributed by atoms with Crippen LogP contribution in [0.4, 0.5) is 0 Å². The Morgan fingerprint density at radius 3 is 0.915 bits per heavy atom. The van der Waals surface area contributed by atoms with Gasteiger partial charge in [0.15, 0.2) is 0 Å². The van der Waals surface area contributed by atoms with Gasteiger partial charge in [-0.15, -0.1) is 0 Å². The lowest BCUT2D eigenvalue weighted by Crippen LogP contribution is -2.38. The van der Waals surface area contributed by atoms with Gasteiger partial charge in [-0.2, -0.15) is 0 Å². The van der Waals surface area contributed by atoms with Crippen LogP contribution in [0.5, 0.6) is 0 Å². The number of esters is 3. The molecular weight excluding hydrogens is 588 g/mol. The van der Waals surface area contributed by atoms with Crippen molar-refractivity contribution in [3.8, 4) is 0 Å². The van der Waals surface area contributed by atoms with Crippen LogP contribution in [0.15, 0.2) is 0 Å². The minimum absolute atomic E-state index is 0.200. The van der Waals surface area contributed by atoms with E-state index in [1.165, 1.54) is 141 Å². The zero-order valence-corrected chi connectivity index (χ0v) is 31.6. The van der Waals surface area contributed by atoms with Crippen LogP contribution in [-0.4, -0.2) is 37.2 Å². The summed E-state index contributed by atoms with van der Waals surface area (Å²) in [5.41, 5.74) is 0. The van der Waals surface area contributed by atoms with E-state index in [-0.39, 0.29) is 19.6 Å². The van der Waals surface area contributed by atoms with Crippen molar-refractivity contribution in [3.63, 3.8) is 0 Å². The highest BCUT2D eigenvalue weighted by atomic mass is 16.6. The topological polar surface area (TPSA) is 78.9 Å². The third-order valence-corrected chi connectivity index (χ3v) is 9.15. The Bertz CT molecular complexity index is 659. The number of carbonyl (C=O) groups is 3. The van der Waals surface area contributed by atoms with Gasteiger partial charge in [0.25, 0.3) is 6.10 Å². The average molecular weight is 667 g/mol. The van der Waals surface area contributed by atoms with Crippen molar-refractivity contribution in [2.24, 2.45) is 0 Å². The molecule has 0 aliphatic heterocycles. The summed E-state index contributed by atoms with van der Waals surface area (Å²) in [6.07, 6.45) is 35.5. The summed E-state index contributed by atoms with van der Waals surface area (Å²) >= 11 is 0. The van der Waals surface area contributed by atoms with Gasteiger partial charge in [0.05, 0.1) is 13.2 Å². The minimum atomic E-state index is -1.62. The summed E-state index contributed by atoms with van der Waals surface area (Å²) in [6.45, 7) is 7.15. The van der Waals surface area contributed by atoms with Crippen LogP contribution in [0.1, 0.15) is 226 Å². The molecule has 0 aromatic heterocycles. The number of ether oxygens (including phenoxy) is 3. The lowest BCUT2D eigenvalue weighted by atomic mass is 10.0. The Kier molecular flexibility index (Phi) is 36.0. The third-order valence-electron chi connectivity index (χ3n) is 9.15. The Balaban J connectivity index is 4.28. The molecule has 0 atom stereocenters. The predicted molar refractivity (Wildman–Crippen MR) is 197 cm³/mol. The maximum absolute atomic E-state index is 12.8. The second kappa shape index (κ2) is 37.2. The van der Waals surface area contributed by atoms with E-state index in [9.17, 15) is 14.4 Å². The van der Waals surface area contributed by atoms with Crippen LogP contribution in [0.3, 0.4) is 0 Å². The van der Waals surface area contributed by atoms with E-state index in [2.05, 4.69) is 20.8 Å². The highest BCUT2D eigenvalue weighted by Gasteiger charge is 2.33. The number of hydrogen-bond acceptors (Lipinski definition) is 6. The number of unbranched alkanes of at least 4 members (excludes halogenated alkanes) is 28. The number of hydrogen-bond donors (Lipinski definition) is 0. The van der Waals surface area contributed by atoms with Gasteiger partial charge in [-0.3, -0.25) is 4.79 Å². The molecule has 0 aliphatic rings. The van der Waals surface area contributed by atoms with Crippen LogP contribution >= 0.6 is 0 Å². The second-order valence-electron chi connectivity index (χ2n) is 13.9. The fourth-order valence-corrected chi connectivity index (χ4v) is 5.99. The van der Waals surface area contributed by atoms with Gasteiger partial charge in [0, 0.05) is 6.42 Å². The van der Waals surface area contributed by atoms with E-state index in [1.54, 1.807) is 0 Å². The highest BCUT2D eigenvalue weighted by molar-refractivity contribution is 5.99. The molecule has 0 aromatic rings. The van der Waals surface area contributed by atoms with Crippen molar-refractivity contribution in [2.75, 3.05) is 13.2 Å². The van der Waals surface area contributed by atoms with Crippen molar-refractivity contribution in [3.05, 3.63) is 0 Å². The summed E-state index contributed by atoms with van der Waals surface area (Å²) in [5.74, 6) is -2.14. The lowest BCUT2D eigenvalue weighted by molar-refractivity contribution is -0.180. The van der Waals surface area contributed by atoms with Gasteiger partial charge in [-0.1, -0.05) is 201 Å². The fraction of sp³-hybridized carbons (Fsp3) is 0.927. The zero-order chi connectivity index (χ0) is 34.5. The summed E-state index contributed by atoms with van der Waals surface area (Å²) in [4.78, 5) is 38.2. The number of rotatable bonds is 37. The molecule has 0 unspecified atom stereocenters. The monoisotopic (exact) mass is 667 g/mol. The van der Waals surface area contributed by atoms with Gasteiger partial charge in [0.2, 0.25) is 0 Å². The molecule has 0 aromatic carbocycles. The first-order chi connectivity index (χ1) is 23.1. The largest absolute Gasteiger partial charge is 0.462 e. The normalized spacial score (nSPS) is 11.2. The average Bonchev–Trinajstić information content (AvgIpc) is 3.07. The molecule has 6 heteroatoms. The summed E-state index contributed by atoms with van der Waals surface area (Å²) in [5, 5.41) is 0. The molecule has 0 saturated heterocycles. The highest BCUT2D eigenvalue weighted by Crippen LogP contribution is 2.15. The molecule has 0 rings (SSSR count). The molecule has 0 spiro atoms. The summed E-state index contributed by atoms with van der Waals surface area (Å²) in [6, 6.07) is 0. The van der Waals surface area contributed by atoms with Crippen LogP contribution in [0.2, 0.25) is 0 Å². The van der Waals surface area contributed by atoms with E-state index >= 15 is 0 Å². The summed E-state index contributed by atoms with van der Waals surface area (Å²) < 4.78 is 16.1. The maximum Gasteiger partial charge on any atom is 0.359 e. The standard InChI is InChI=1S/C41H78O6/c1-4-7-10-13-16-19-20-21-22-23-24-25-26-29-32-35-38(42)47-39(40(43)45-36-33-30-27-17-14-11-8-5-2)41(44)46-37-34-31-28-18-15-12-9-6-3/h39H,4-37H2,1-3H3. The Morgan fingerprint density at radius 2 is 0.617 bits per heavy atom. The lowest BCUT2D eigenvalue weighted by Gasteiger charge is -2.16.